The van der Waals surface area contributed by atoms with Gasteiger partial charge in [-0.1, -0.05) is 6.92 Å². The van der Waals surface area contributed by atoms with Crippen LogP contribution in [0.15, 0.2) is 22.8 Å². The van der Waals surface area contributed by atoms with Crippen LogP contribution >= 0.6 is 0 Å². The van der Waals surface area contributed by atoms with E-state index in [9.17, 15) is 0 Å². The van der Waals surface area contributed by atoms with E-state index >= 15 is 0 Å². The van der Waals surface area contributed by atoms with Gasteiger partial charge in [-0.25, -0.2) is 0 Å². The molecule has 0 bridgehead atoms. The maximum atomic E-state index is 9.02. The van der Waals surface area contributed by atoms with Crippen LogP contribution in [-0.2, 0) is 6.42 Å². The number of aliphatic hydroxyl groups excluding tert-OH is 1. The van der Waals surface area contributed by atoms with Crippen LogP contribution in [0.3, 0.4) is 0 Å². The molecule has 1 rings (SSSR count). The molecular formula is C11H19NO2. The predicted octanol–water partition coefficient (Wildman–Crippen LogP) is 1.57. The summed E-state index contributed by atoms with van der Waals surface area (Å²) in [6, 6.07) is 4.39. The van der Waals surface area contributed by atoms with E-state index in [-0.39, 0.29) is 12.6 Å². The first-order chi connectivity index (χ1) is 6.76. The van der Waals surface area contributed by atoms with Crippen LogP contribution in [0, 0.1) is 0 Å². The maximum Gasteiger partial charge on any atom is 0.105 e. The molecule has 3 heteroatoms. The van der Waals surface area contributed by atoms with Crippen LogP contribution in [0.1, 0.15) is 26.0 Å². The van der Waals surface area contributed by atoms with Crippen LogP contribution < -0.4 is 5.32 Å². The van der Waals surface area contributed by atoms with Crippen LogP contribution in [0.4, 0.5) is 0 Å². The molecule has 3 nitrogen and oxygen atoms in total. The Morgan fingerprint density at radius 3 is 2.86 bits per heavy atom. The second-order valence-electron chi connectivity index (χ2n) is 3.64. The highest BCUT2D eigenvalue weighted by molar-refractivity contribution is 5.00. The van der Waals surface area contributed by atoms with Crippen LogP contribution in [0.2, 0.25) is 0 Å². The molecule has 1 aromatic heterocycles. The molecule has 14 heavy (non-hydrogen) atoms. The first kappa shape index (κ1) is 11.3. The van der Waals surface area contributed by atoms with E-state index in [1.165, 1.54) is 0 Å². The number of hydrogen-bond donors (Lipinski definition) is 2. The van der Waals surface area contributed by atoms with Gasteiger partial charge in [0.25, 0.3) is 0 Å². The van der Waals surface area contributed by atoms with Crippen molar-refractivity contribution in [1.29, 1.82) is 0 Å². The molecule has 0 spiro atoms. The SMILES string of the molecule is CC[C@H](CO)NC(C)Cc1ccco1. The Morgan fingerprint density at radius 1 is 1.57 bits per heavy atom. The third kappa shape index (κ3) is 3.52. The molecule has 1 aromatic rings. The van der Waals surface area contributed by atoms with Gasteiger partial charge in [-0.05, 0) is 25.5 Å². The molecule has 2 atom stereocenters. The third-order valence-corrected chi connectivity index (χ3v) is 2.32. The molecule has 0 saturated carbocycles. The largest absolute Gasteiger partial charge is 0.469 e. The summed E-state index contributed by atoms with van der Waals surface area (Å²) in [6.45, 7) is 4.35. The van der Waals surface area contributed by atoms with Crippen LogP contribution in [0.5, 0.6) is 0 Å². The summed E-state index contributed by atoms with van der Waals surface area (Å²) in [7, 11) is 0. The highest BCUT2D eigenvalue weighted by Crippen LogP contribution is 2.04. The third-order valence-electron chi connectivity index (χ3n) is 2.32. The van der Waals surface area contributed by atoms with Gasteiger partial charge in [-0.2, -0.15) is 0 Å². The summed E-state index contributed by atoms with van der Waals surface area (Å²) < 4.78 is 5.25. The number of hydrogen-bond acceptors (Lipinski definition) is 3. The average Bonchev–Trinajstić information content (AvgIpc) is 2.66. The topological polar surface area (TPSA) is 45.4 Å². The van der Waals surface area contributed by atoms with Crippen LogP contribution in [-0.4, -0.2) is 23.8 Å². The highest BCUT2D eigenvalue weighted by atomic mass is 16.3. The van der Waals surface area contributed by atoms with Crippen molar-refractivity contribution in [2.75, 3.05) is 6.61 Å². The van der Waals surface area contributed by atoms with Crippen molar-refractivity contribution in [3.05, 3.63) is 24.2 Å². The number of aliphatic hydroxyl groups is 1. The molecular weight excluding hydrogens is 178 g/mol. The molecule has 2 N–H and O–H groups in total. The normalized spacial score (nSPS) is 15.4. The van der Waals surface area contributed by atoms with Crippen molar-refractivity contribution in [2.24, 2.45) is 0 Å². The first-order valence-electron chi connectivity index (χ1n) is 5.15. The fraction of sp³-hybridized carbons (Fsp3) is 0.636. The lowest BCUT2D eigenvalue weighted by Gasteiger charge is -2.19. The van der Waals surface area contributed by atoms with Gasteiger partial charge in [0.15, 0.2) is 0 Å². The monoisotopic (exact) mass is 197 g/mol. The van der Waals surface area contributed by atoms with Crippen molar-refractivity contribution < 1.29 is 9.52 Å². The quantitative estimate of drug-likeness (QED) is 0.727. The molecule has 0 aromatic carbocycles. The van der Waals surface area contributed by atoms with Crippen molar-refractivity contribution in [2.45, 2.75) is 38.8 Å². The van der Waals surface area contributed by atoms with Gasteiger partial charge in [0.1, 0.15) is 5.76 Å². The lowest BCUT2D eigenvalue weighted by Crippen LogP contribution is -2.39. The Hall–Kier alpha value is -0.800. The van der Waals surface area contributed by atoms with Gasteiger partial charge >= 0.3 is 0 Å². The zero-order chi connectivity index (χ0) is 10.4. The number of nitrogens with one attached hydrogen (secondary N) is 1. The fourth-order valence-electron chi connectivity index (χ4n) is 1.49. The lowest BCUT2D eigenvalue weighted by molar-refractivity contribution is 0.228. The zero-order valence-electron chi connectivity index (χ0n) is 8.86. The summed E-state index contributed by atoms with van der Waals surface area (Å²) in [4.78, 5) is 0. The molecule has 1 heterocycles. The molecule has 0 radical (unpaired) electrons. The molecule has 0 amide bonds. The molecule has 80 valence electrons. The number of furan rings is 1. The van der Waals surface area contributed by atoms with Crippen molar-refractivity contribution in [1.82, 2.24) is 5.32 Å². The van der Waals surface area contributed by atoms with Gasteiger partial charge < -0.3 is 14.8 Å². The highest BCUT2D eigenvalue weighted by Gasteiger charge is 2.10. The fourth-order valence-corrected chi connectivity index (χ4v) is 1.49. The summed E-state index contributed by atoms with van der Waals surface area (Å²) in [6.07, 6.45) is 3.49. The summed E-state index contributed by atoms with van der Waals surface area (Å²) >= 11 is 0. The molecule has 0 aliphatic heterocycles. The lowest BCUT2D eigenvalue weighted by atomic mass is 10.1. The van der Waals surface area contributed by atoms with E-state index in [2.05, 4.69) is 19.2 Å². The zero-order valence-corrected chi connectivity index (χ0v) is 8.86. The van der Waals surface area contributed by atoms with Gasteiger partial charge in [0.05, 0.1) is 12.9 Å². The maximum absolute atomic E-state index is 9.02. The summed E-state index contributed by atoms with van der Waals surface area (Å²) in [5.41, 5.74) is 0. The van der Waals surface area contributed by atoms with Crippen LogP contribution in [0.25, 0.3) is 0 Å². The van der Waals surface area contributed by atoms with E-state index in [0.29, 0.717) is 6.04 Å². The molecule has 1 unspecified atom stereocenters. The Morgan fingerprint density at radius 2 is 2.36 bits per heavy atom. The molecule has 0 saturated heterocycles. The molecule has 0 aliphatic carbocycles. The van der Waals surface area contributed by atoms with Crippen molar-refractivity contribution >= 4 is 0 Å². The second-order valence-corrected chi connectivity index (χ2v) is 3.64. The first-order valence-corrected chi connectivity index (χ1v) is 5.15. The minimum atomic E-state index is 0.193. The van der Waals surface area contributed by atoms with E-state index in [4.69, 9.17) is 9.52 Å². The Kier molecular flexibility index (Phi) is 4.70. The van der Waals surface area contributed by atoms with Crippen molar-refractivity contribution in [3.63, 3.8) is 0 Å². The van der Waals surface area contributed by atoms with Gasteiger partial charge in [-0.3, -0.25) is 0 Å². The minimum absolute atomic E-state index is 0.193. The summed E-state index contributed by atoms with van der Waals surface area (Å²) in [5, 5.41) is 12.4. The molecule has 0 aliphatic rings. The summed E-state index contributed by atoms with van der Waals surface area (Å²) in [5.74, 6) is 0.984. The van der Waals surface area contributed by atoms with E-state index in [1.807, 2.05) is 12.1 Å². The number of rotatable bonds is 6. The minimum Gasteiger partial charge on any atom is -0.469 e. The average molecular weight is 197 g/mol. The van der Waals surface area contributed by atoms with Crippen molar-refractivity contribution in [3.8, 4) is 0 Å². The smallest absolute Gasteiger partial charge is 0.105 e. The predicted molar refractivity (Wildman–Crippen MR) is 56.2 cm³/mol. The molecule has 0 fully saturated rings. The standard InChI is InChI=1S/C11H19NO2/c1-3-10(8-13)12-9(2)7-11-5-4-6-14-11/h4-6,9-10,12-13H,3,7-8H2,1-2H3/t9?,10-/m1/s1. The van der Waals surface area contributed by atoms with E-state index in [0.717, 1.165) is 18.6 Å². The van der Waals surface area contributed by atoms with Gasteiger partial charge in [-0.15, -0.1) is 0 Å². The Labute approximate surface area is 85.1 Å². The van der Waals surface area contributed by atoms with Gasteiger partial charge in [0, 0.05) is 18.5 Å². The Bertz CT molecular complexity index is 229. The van der Waals surface area contributed by atoms with E-state index in [1.54, 1.807) is 6.26 Å². The second kappa shape index (κ2) is 5.83. The van der Waals surface area contributed by atoms with E-state index < -0.39 is 0 Å². The Balaban J connectivity index is 2.31. The van der Waals surface area contributed by atoms with Gasteiger partial charge in [0.2, 0.25) is 0 Å².